The van der Waals surface area contributed by atoms with Crippen LogP contribution in [-0.4, -0.2) is 33.9 Å². The molecule has 124 valence electrons. The maximum atomic E-state index is 12.4. The van der Waals surface area contributed by atoms with E-state index in [2.05, 4.69) is 9.97 Å². The Labute approximate surface area is 142 Å². The van der Waals surface area contributed by atoms with E-state index in [0.29, 0.717) is 21.8 Å². The van der Waals surface area contributed by atoms with Crippen molar-refractivity contribution in [3.8, 4) is 5.75 Å². The summed E-state index contributed by atoms with van der Waals surface area (Å²) in [6, 6.07) is 11.0. The fourth-order valence-corrected chi connectivity index (χ4v) is 3.09. The first-order chi connectivity index (χ1) is 11.5. The van der Waals surface area contributed by atoms with Gasteiger partial charge in [0.25, 0.3) is 11.5 Å². The van der Waals surface area contributed by atoms with Gasteiger partial charge in [-0.15, -0.1) is 11.3 Å². The second-order valence-corrected chi connectivity index (χ2v) is 6.33. The zero-order chi connectivity index (χ0) is 17.1. The Morgan fingerprint density at radius 3 is 2.83 bits per heavy atom. The highest BCUT2D eigenvalue weighted by molar-refractivity contribution is 7.17. The number of benzene rings is 1. The summed E-state index contributed by atoms with van der Waals surface area (Å²) in [6.45, 7) is 1.91. The summed E-state index contributed by atoms with van der Waals surface area (Å²) in [6.07, 6.45) is -0.631. The number of aromatic amines is 1. The van der Waals surface area contributed by atoms with Crippen molar-refractivity contribution in [2.45, 2.75) is 19.6 Å². The van der Waals surface area contributed by atoms with E-state index in [1.807, 2.05) is 23.6 Å². The molecule has 0 saturated carbocycles. The van der Waals surface area contributed by atoms with Crippen molar-refractivity contribution < 1.29 is 9.53 Å². The van der Waals surface area contributed by atoms with Crippen LogP contribution in [0.4, 0.5) is 0 Å². The van der Waals surface area contributed by atoms with Gasteiger partial charge in [-0.3, -0.25) is 9.59 Å². The number of likely N-dealkylation sites (N-methyl/N-ethyl adjacent to an activating group) is 1. The summed E-state index contributed by atoms with van der Waals surface area (Å²) in [5.41, 5.74) is 0.465. The average Bonchev–Trinajstić information content (AvgIpc) is 3.04. The first kappa shape index (κ1) is 16.2. The summed E-state index contributed by atoms with van der Waals surface area (Å²) >= 11 is 1.35. The molecule has 0 radical (unpaired) electrons. The van der Waals surface area contributed by atoms with Crippen molar-refractivity contribution in [1.29, 1.82) is 0 Å². The SMILES string of the molecule is CC(Oc1ccccc1)C(=O)N(C)Cc1nc2ccsc2c(=O)[nH]1. The third kappa shape index (κ3) is 3.46. The fraction of sp³-hybridized carbons (Fsp3) is 0.235. The number of nitrogens with zero attached hydrogens (tertiary/aromatic N) is 2. The summed E-state index contributed by atoms with van der Waals surface area (Å²) in [5, 5.41) is 1.82. The maximum absolute atomic E-state index is 12.4. The number of H-pyrrole nitrogens is 1. The molecule has 3 aromatic rings. The highest BCUT2D eigenvalue weighted by Gasteiger charge is 2.20. The lowest BCUT2D eigenvalue weighted by Crippen LogP contribution is -2.38. The van der Waals surface area contributed by atoms with E-state index in [4.69, 9.17) is 4.74 Å². The van der Waals surface area contributed by atoms with Crippen LogP contribution < -0.4 is 10.3 Å². The molecule has 2 aromatic heterocycles. The van der Waals surface area contributed by atoms with Gasteiger partial charge in [0.05, 0.1) is 12.1 Å². The molecule has 0 fully saturated rings. The number of carbonyl (C=O) groups is 1. The van der Waals surface area contributed by atoms with Crippen molar-refractivity contribution in [2.75, 3.05) is 7.05 Å². The molecule has 0 aliphatic rings. The molecule has 1 amide bonds. The van der Waals surface area contributed by atoms with Crippen LogP contribution in [0.15, 0.2) is 46.6 Å². The van der Waals surface area contributed by atoms with Crippen LogP contribution in [0.5, 0.6) is 5.75 Å². The van der Waals surface area contributed by atoms with E-state index in [0.717, 1.165) is 0 Å². The molecule has 0 spiro atoms. The van der Waals surface area contributed by atoms with Crippen LogP contribution in [-0.2, 0) is 11.3 Å². The third-order valence-corrected chi connectivity index (χ3v) is 4.43. The Balaban J connectivity index is 1.69. The van der Waals surface area contributed by atoms with Crippen molar-refractivity contribution in [3.63, 3.8) is 0 Å². The highest BCUT2D eigenvalue weighted by Crippen LogP contribution is 2.15. The summed E-state index contributed by atoms with van der Waals surface area (Å²) < 4.78 is 6.23. The topological polar surface area (TPSA) is 75.3 Å². The number of aromatic nitrogens is 2. The van der Waals surface area contributed by atoms with Gasteiger partial charge < -0.3 is 14.6 Å². The average molecular weight is 343 g/mol. The number of hydrogen-bond acceptors (Lipinski definition) is 5. The number of fused-ring (bicyclic) bond motifs is 1. The maximum Gasteiger partial charge on any atom is 0.268 e. The van der Waals surface area contributed by atoms with E-state index < -0.39 is 6.10 Å². The predicted molar refractivity (Wildman–Crippen MR) is 93.2 cm³/mol. The molecule has 0 aliphatic carbocycles. The number of hydrogen-bond donors (Lipinski definition) is 1. The van der Waals surface area contributed by atoms with Crippen LogP contribution in [0.25, 0.3) is 10.2 Å². The van der Waals surface area contributed by atoms with Gasteiger partial charge in [-0.05, 0) is 30.5 Å². The van der Waals surface area contributed by atoms with Gasteiger partial charge in [-0.2, -0.15) is 0 Å². The number of rotatable bonds is 5. The smallest absolute Gasteiger partial charge is 0.268 e. The van der Waals surface area contributed by atoms with E-state index in [1.54, 1.807) is 32.2 Å². The number of nitrogens with one attached hydrogen (secondary N) is 1. The molecule has 0 aliphatic heterocycles. The van der Waals surface area contributed by atoms with Gasteiger partial charge in [0, 0.05) is 7.05 Å². The van der Waals surface area contributed by atoms with Gasteiger partial charge in [-0.25, -0.2) is 4.98 Å². The molecule has 3 rings (SSSR count). The largest absolute Gasteiger partial charge is 0.481 e. The Bertz CT molecular complexity index is 904. The molecule has 1 unspecified atom stereocenters. The summed E-state index contributed by atoms with van der Waals surface area (Å²) in [7, 11) is 1.66. The first-order valence-electron chi connectivity index (χ1n) is 7.47. The van der Waals surface area contributed by atoms with Crippen LogP contribution in [0, 0.1) is 0 Å². The Morgan fingerprint density at radius 2 is 2.08 bits per heavy atom. The Morgan fingerprint density at radius 1 is 1.33 bits per heavy atom. The van der Waals surface area contributed by atoms with Gasteiger partial charge in [0.1, 0.15) is 16.3 Å². The molecule has 1 atom stereocenters. The molecule has 2 heterocycles. The lowest BCUT2D eigenvalue weighted by molar-refractivity contribution is -0.137. The second-order valence-electron chi connectivity index (χ2n) is 5.42. The van der Waals surface area contributed by atoms with E-state index in [-0.39, 0.29) is 18.0 Å². The molecule has 6 nitrogen and oxygen atoms in total. The molecular weight excluding hydrogens is 326 g/mol. The molecular formula is C17H17N3O3S. The minimum absolute atomic E-state index is 0.181. The lowest BCUT2D eigenvalue weighted by Gasteiger charge is -2.21. The van der Waals surface area contributed by atoms with Crippen molar-refractivity contribution in [1.82, 2.24) is 14.9 Å². The minimum Gasteiger partial charge on any atom is -0.481 e. The number of carbonyl (C=O) groups excluding carboxylic acids is 1. The van der Waals surface area contributed by atoms with Gasteiger partial charge in [0.15, 0.2) is 6.10 Å². The molecule has 0 bridgehead atoms. The highest BCUT2D eigenvalue weighted by atomic mass is 32.1. The summed E-state index contributed by atoms with van der Waals surface area (Å²) in [5.74, 6) is 0.901. The molecule has 1 N–H and O–H groups in total. The minimum atomic E-state index is -0.631. The number of thiophene rings is 1. The van der Waals surface area contributed by atoms with E-state index in [1.165, 1.54) is 16.2 Å². The molecule has 24 heavy (non-hydrogen) atoms. The summed E-state index contributed by atoms with van der Waals surface area (Å²) in [4.78, 5) is 33.0. The van der Waals surface area contributed by atoms with Crippen LogP contribution >= 0.6 is 11.3 Å². The van der Waals surface area contributed by atoms with E-state index in [9.17, 15) is 9.59 Å². The lowest BCUT2D eigenvalue weighted by atomic mass is 10.3. The predicted octanol–water partition coefficient (Wildman–Crippen LogP) is 2.41. The van der Waals surface area contributed by atoms with Crippen molar-refractivity contribution in [2.24, 2.45) is 0 Å². The normalized spacial score (nSPS) is 12.1. The standard InChI is InChI=1S/C17H17N3O3S/c1-11(23-12-6-4-3-5-7-12)17(22)20(2)10-14-18-13-8-9-24-15(13)16(21)19-14/h3-9,11H,10H2,1-2H3,(H,18,19,21). The van der Waals surface area contributed by atoms with E-state index >= 15 is 0 Å². The Hall–Kier alpha value is -2.67. The van der Waals surface area contributed by atoms with Gasteiger partial charge >= 0.3 is 0 Å². The second kappa shape index (κ2) is 6.84. The van der Waals surface area contributed by atoms with Gasteiger partial charge in [0.2, 0.25) is 0 Å². The van der Waals surface area contributed by atoms with Crippen LogP contribution in [0.1, 0.15) is 12.7 Å². The first-order valence-corrected chi connectivity index (χ1v) is 8.35. The number of ether oxygens (including phenoxy) is 1. The van der Waals surface area contributed by atoms with Crippen LogP contribution in [0.3, 0.4) is 0 Å². The Kier molecular flexibility index (Phi) is 4.61. The zero-order valence-corrected chi connectivity index (χ0v) is 14.2. The van der Waals surface area contributed by atoms with Gasteiger partial charge in [-0.1, -0.05) is 18.2 Å². The molecule has 7 heteroatoms. The monoisotopic (exact) mass is 343 g/mol. The molecule has 1 aromatic carbocycles. The van der Waals surface area contributed by atoms with Crippen molar-refractivity contribution in [3.05, 3.63) is 58.0 Å². The zero-order valence-electron chi connectivity index (χ0n) is 13.4. The number of para-hydroxylation sites is 1. The van der Waals surface area contributed by atoms with Crippen molar-refractivity contribution >= 4 is 27.5 Å². The quantitative estimate of drug-likeness (QED) is 0.772. The molecule has 0 saturated heterocycles. The van der Waals surface area contributed by atoms with Crippen LogP contribution in [0.2, 0.25) is 0 Å². The number of amides is 1. The third-order valence-electron chi connectivity index (χ3n) is 3.53. The fourth-order valence-electron chi connectivity index (χ4n) is 2.36.